The van der Waals surface area contributed by atoms with E-state index in [9.17, 15) is 0 Å². The quantitative estimate of drug-likeness (QED) is 0.580. The number of hydrogen-bond acceptors (Lipinski definition) is 1. The van der Waals surface area contributed by atoms with Crippen molar-refractivity contribution >= 4 is 10.8 Å². The summed E-state index contributed by atoms with van der Waals surface area (Å²) in [4.78, 5) is 0. The lowest BCUT2D eigenvalue weighted by Gasteiger charge is -2.10. The highest BCUT2D eigenvalue weighted by atomic mass is 16.5. The summed E-state index contributed by atoms with van der Waals surface area (Å²) in [5, 5.41) is 2.38. The highest BCUT2D eigenvalue weighted by Gasteiger charge is 2.06. The normalized spacial score (nSPS) is 10.1. The van der Waals surface area contributed by atoms with Crippen LogP contribution in [0, 0.1) is 25.7 Å². The van der Waals surface area contributed by atoms with Gasteiger partial charge >= 0.3 is 0 Å². The van der Waals surface area contributed by atoms with Gasteiger partial charge in [0.15, 0.2) is 0 Å². The van der Waals surface area contributed by atoms with E-state index in [1.165, 1.54) is 21.9 Å². The predicted molar refractivity (Wildman–Crippen MR) is 92.4 cm³/mol. The second-order valence-corrected chi connectivity index (χ2v) is 5.39. The highest BCUT2D eigenvalue weighted by molar-refractivity contribution is 5.92. The van der Waals surface area contributed by atoms with Crippen molar-refractivity contribution in [2.24, 2.45) is 0 Å². The number of ether oxygens (including phenoxy) is 1. The molecule has 108 valence electrons. The Hall–Kier alpha value is -2.72. The molecule has 0 saturated heterocycles. The van der Waals surface area contributed by atoms with Crippen molar-refractivity contribution in [3.63, 3.8) is 0 Å². The molecule has 22 heavy (non-hydrogen) atoms. The Bertz CT molecular complexity index is 880. The second-order valence-electron chi connectivity index (χ2n) is 5.39. The van der Waals surface area contributed by atoms with E-state index in [0.717, 1.165) is 16.9 Å². The summed E-state index contributed by atoms with van der Waals surface area (Å²) in [5.74, 6) is 7.44. The molecule has 1 heteroatoms. The highest BCUT2D eigenvalue weighted by Crippen LogP contribution is 2.28. The van der Waals surface area contributed by atoms with Crippen LogP contribution in [0.2, 0.25) is 0 Å². The Balaban J connectivity index is 2.18. The molecule has 1 nitrogen and oxygen atoms in total. The summed E-state index contributed by atoms with van der Waals surface area (Å²) in [7, 11) is 1.70. The van der Waals surface area contributed by atoms with Gasteiger partial charge in [0.2, 0.25) is 0 Å². The number of rotatable bonds is 1. The van der Waals surface area contributed by atoms with Crippen molar-refractivity contribution in [2.45, 2.75) is 13.8 Å². The fraction of sp³-hybridized carbons (Fsp3) is 0.143. The molecule has 0 aliphatic heterocycles. The predicted octanol–water partition coefficient (Wildman–Crippen LogP) is 4.87. The minimum Gasteiger partial charge on any atom is -0.497 e. The van der Waals surface area contributed by atoms with E-state index in [2.05, 4.69) is 43.9 Å². The molecule has 0 fully saturated rings. The number of methoxy groups -OCH3 is 1. The van der Waals surface area contributed by atoms with Crippen LogP contribution in [0.15, 0.2) is 54.6 Å². The van der Waals surface area contributed by atoms with Crippen molar-refractivity contribution < 1.29 is 4.74 Å². The average molecular weight is 286 g/mol. The molecule has 3 aromatic carbocycles. The number of fused-ring (bicyclic) bond motifs is 1. The van der Waals surface area contributed by atoms with Crippen LogP contribution in [0.1, 0.15) is 22.3 Å². The molecule has 0 amide bonds. The standard InChI is InChI=1S/C21H18O/c1-15-13-18(10-9-17-7-5-4-6-8-17)20-12-11-19(22-3)14-21(20)16(15)2/h4-8,11-14H,1-3H3. The molecule has 0 aromatic heterocycles. The Morgan fingerprint density at radius 3 is 2.32 bits per heavy atom. The van der Waals surface area contributed by atoms with Crippen LogP contribution < -0.4 is 4.74 Å². The lowest BCUT2D eigenvalue weighted by Crippen LogP contribution is -1.90. The molecular formula is C21H18O. The SMILES string of the molecule is COc1ccc2c(C#Cc3ccccc3)cc(C)c(C)c2c1. The third kappa shape index (κ3) is 2.69. The third-order valence-electron chi connectivity index (χ3n) is 3.99. The molecule has 0 aliphatic rings. The molecule has 0 radical (unpaired) electrons. The van der Waals surface area contributed by atoms with E-state index in [0.29, 0.717) is 0 Å². The van der Waals surface area contributed by atoms with Gasteiger partial charge in [-0.2, -0.15) is 0 Å². The molecule has 0 aliphatic carbocycles. The number of hydrogen-bond donors (Lipinski definition) is 0. The van der Waals surface area contributed by atoms with Gasteiger partial charge in [0, 0.05) is 11.1 Å². The van der Waals surface area contributed by atoms with E-state index < -0.39 is 0 Å². The molecule has 0 N–H and O–H groups in total. The van der Waals surface area contributed by atoms with E-state index >= 15 is 0 Å². The van der Waals surface area contributed by atoms with Crippen LogP contribution in [0.5, 0.6) is 5.75 Å². The molecule has 0 spiro atoms. The van der Waals surface area contributed by atoms with Crippen molar-refractivity contribution in [1.82, 2.24) is 0 Å². The Morgan fingerprint density at radius 1 is 0.818 bits per heavy atom. The Morgan fingerprint density at radius 2 is 1.59 bits per heavy atom. The van der Waals surface area contributed by atoms with Gasteiger partial charge in [-0.25, -0.2) is 0 Å². The van der Waals surface area contributed by atoms with Crippen LogP contribution in [-0.4, -0.2) is 7.11 Å². The number of aryl methyl sites for hydroxylation is 2. The largest absolute Gasteiger partial charge is 0.497 e. The van der Waals surface area contributed by atoms with E-state index in [4.69, 9.17) is 4.74 Å². The monoisotopic (exact) mass is 286 g/mol. The molecular weight excluding hydrogens is 268 g/mol. The minimum atomic E-state index is 0.878. The summed E-state index contributed by atoms with van der Waals surface area (Å²) in [5.41, 5.74) is 4.62. The third-order valence-corrected chi connectivity index (χ3v) is 3.99. The fourth-order valence-electron chi connectivity index (χ4n) is 2.57. The van der Waals surface area contributed by atoms with Gasteiger partial charge in [0.05, 0.1) is 7.11 Å². The van der Waals surface area contributed by atoms with Gasteiger partial charge in [-0.05, 0) is 72.1 Å². The van der Waals surface area contributed by atoms with Gasteiger partial charge in [0.25, 0.3) is 0 Å². The van der Waals surface area contributed by atoms with E-state index in [1.54, 1.807) is 7.11 Å². The zero-order valence-electron chi connectivity index (χ0n) is 13.1. The lowest BCUT2D eigenvalue weighted by atomic mass is 9.96. The topological polar surface area (TPSA) is 9.23 Å². The minimum absolute atomic E-state index is 0.878. The maximum atomic E-state index is 5.35. The molecule has 3 aromatic rings. The maximum Gasteiger partial charge on any atom is 0.119 e. The van der Waals surface area contributed by atoms with Gasteiger partial charge in [0.1, 0.15) is 5.75 Å². The van der Waals surface area contributed by atoms with Gasteiger partial charge in [-0.3, -0.25) is 0 Å². The fourth-order valence-corrected chi connectivity index (χ4v) is 2.57. The molecule has 0 saturated carbocycles. The summed E-state index contributed by atoms with van der Waals surface area (Å²) in [6.45, 7) is 4.27. The van der Waals surface area contributed by atoms with Crippen molar-refractivity contribution in [1.29, 1.82) is 0 Å². The summed E-state index contributed by atoms with van der Waals surface area (Å²) in [6, 6.07) is 18.4. The van der Waals surface area contributed by atoms with Crippen molar-refractivity contribution in [3.8, 4) is 17.6 Å². The lowest BCUT2D eigenvalue weighted by molar-refractivity contribution is 0.415. The van der Waals surface area contributed by atoms with Crippen LogP contribution in [-0.2, 0) is 0 Å². The summed E-state index contributed by atoms with van der Waals surface area (Å²) < 4.78 is 5.35. The van der Waals surface area contributed by atoms with Crippen LogP contribution in [0.4, 0.5) is 0 Å². The van der Waals surface area contributed by atoms with Crippen molar-refractivity contribution in [3.05, 3.63) is 76.9 Å². The van der Waals surface area contributed by atoms with Crippen LogP contribution in [0.3, 0.4) is 0 Å². The average Bonchev–Trinajstić information content (AvgIpc) is 2.57. The Labute approximate surface area is 131 Å². The smallest absolute Gasteiger partial charge is 0.119 e. The van der Waals surface area contributed by atoms with Gasteiger partial charge in [-0.1, -0.05) is 30.0 Å². The van der Waals surface area contributed by atoms with Gasteiger partial charge in [-0.15, -0.1) is 0 Å². The molecule has 0 heterocycles. The van der Waals surface area contributed by atoms with Crippen LogP contribution in [0.25, 0.3) is 10.8 Å². The van der Waals surface area contributed by atoms with Crippen molar-refractivity contribution in [2.75, 3.05) is 7.11 Å². The zero-order valence-corrected chi connectivity index (χ0v) is 13.1. The first kappa shape index (κ1) is 14.2. The number of benzene rings is 3. The summed E-state index contributed by atoms with van der Waals surface area (Å²) in [6.07, 6.45) is 0. The first-order valence-corrected chi connectivity index (χ1v) is 7.34. The zero-order chi connectivity index (χ0) is 15.5. The van der Waals surface area contributed by atoms with E-state index in [1.807, 2.05) is 36.4 Å². The molecule has 0 atom stereocenters. The Kier molecular flexibility index (Phi) is 3.85. The second kappa shape index (κ2) is 5.95. The molecule has 0 unspecified atom stereocenters. The first-order valence-electron chi connectivity index (χ1n) is 7.34. The first-order chi connectivity index (χ1) is 10.7. The molecule has 3 rings (SSSR count). The maximum absolute atomic E-state index is 5.35. The van der Waals surface area contributed by atoms with Gasteiger partial charge < -0.3 is 4.74 Å². The van der Waals surface area contributed by atoms with E-state index in [-0.39, 0.29) is 0 Å². The van der Waals surface area contributed by atoms with Crippen LogP contribution >= 0.6 is 0 Å². The molecule has 0 bridgehead atoms. The summed E-state index contributed by atoms with van der Waals surface area (Å²) >= 11 is 0.